The van der Waals surface area contributed by atoms with Crippen LogP contribution in [0.5, 0.6) is 0 Å². The number of hydrogen-bond donors (Lipinski definition) is 0. The molecule has 34 valence electrons. The molecular formula is C3H6N2S. The molecule has 1 atom stereocenters. The molecule has 2 nitrogen and oxygen atoms in total. The second kappa shape index (κ2) is 1.60. The Morgan fingerprint density at radius 1 is 1.83 bits per heavy atom. The van der Waals surface area contributed by atoms with Gasteiger partial charge >= 0.3 is 0 Å². The highest BCUT2D eigenvalue weighted by Crippen LogP contribution is 2.18. The van der Waals surface area contributed by atoms with Crippen molar-refractivity contribution in [2.45, 2.75) is 12.2 Å². The quantitative estimate of drug-likeness (QED) is 0.425. The molecule has 0 spiro atoms. The van der Waals surface area contributed by atoms with Crippen LogP contribution in [0.2, 0.25) is 0 Å². The SMILES string of the molecule is CC1CN=NS1. The molecule has 3 heteroatoms. The Morgan fingerprint density at radius 2 is 2.67 bits per heavy atom. The van der Waals surface area contributed by atoms with Gasteiger partial charge in [0.05, 0.1) is 6.54 Å². The van der Waals surface area contributed by atoms with Crippen LogP contribution in [-0.4, -0.2) is 11.8 Å². The maximum atomic E-state index is 3.75. The maximum absolute atomic E-state index is 3.75. The zero-order chi connectivity index (χ0) is 4.41. The van der Waals surface area contributed by atoms with E-state index in [0.29, 0.717) is 5.25 Å². The lowest BCUT2D eigenvalue weighted by Crippen LogP contribution is -1.91. The van der Waals surface area contributed by atoms with Gasteiger partial charge in [-0.3, -0.25) is 0 Å². The van der Waals surface area contributed by atoms with Crippen LogP contribution in [0.25, 0.3) is 0 Å². The lowest BCUT2D eigenvalue weighted by atomic mass is 10.5. The van der Waals surface area contributed by atoms with Crippen molar-refractivity contribution >= 4 is 11.9 Å². The van der Waals surface area contributed by atoms with Gasteiger partial charge in [0.1, 0.15) is 0 Å². The summed E-state index contributed by atoms with van der Waals surface area (Å²) in [6.07, 6.45) is 0. The molecule has 0 aliphatic carbocycles. The average Bonchev–Trinajstić information content (AvgIpc) is 1.86. The van der Waals surface area contributed by atoms with E-state index < -0.39 is 0 Å². The van der Waals surface area contributed by atoms with E-state index in [2.05, 4.69) is 16.6 Å². The standard InChI is InChI=1S/C3H6N2S/c1-3-2-4-5-6-3/h3H,2H2,1H3. The molecule has 1 unspecified atom stereocenters. The normalized spacial score (nSPS) is 31.8. The second-order valence-corrected chi connectivity index (χ2v) is 2.50. The zero-order valence-corrected chi connectivity index (χ0v) is 4.40. The van der Waals surface area contributed by atoms with Gasteiger partial charge in [0.25, 0.3) is 0 Å². The molecule has 0 amide bonds. The van der Waals surface area contributed by atoms with Gasteiger partial charge in [0.2, 0.25) is 0 Å². The first kappa shape index (κ1) is 4.12. The summed E-state index contributed by atoms with van der Waals surface area (Å²) in [6.45, 7) is 3.02. The van der Waals surface area contributed by atoms with Crippen LogP contribution in [0.4, 0.5) is 0 Å². The summed E-state index contributed by atoms with van der Waals surface area (Å²) >= 11 is 1.56. The molecule has 0 bridgehead atoms. The fraction of sp³-hybridized carbons (Fsp3) is 1.00. The molecule has 0 aromatic heterocycles. The molecule has 0 aromatic carbocycles. The summed E-state index contributed by atoms with van der Waals surface area (Å²) in [5.41, 5.74) is 0. The van der Waals surface area contributed by atoms with Crippen molar-refractivity contribution in [3.8, 4) is 0 Å². The van der Waals surface area contributed by atoms with E-state index in [0.717, 1.165) is 6.54 Å². The summed E-state index contributed by atoms with van der Waals surface area (Å²) in [4.78, 5) is 0. The van der Waals surface area contributed by atoms with Crippen LogP contribution >= 0.6 is 11.9 Å². The topological polar surface area (TPSA) is 24.7 Å². The van der Waals surface area contributed by atoms with Crippen molar-refractivity contribution in [2.24, 2.45) is 9.63 Å². The molecule has 1 aliphatic rings. The monoisotopic (exact) mass is 102 g/mol. The summed E-state index contributed by atoms with van der Waals surface area (Å²) < 4.78 is 3.71. The fourth-order valence-corrected chi connectivity index (χ4v) is 0.723. The summed E-state index contributed by atoms with van der Waals surface area (Å²) in [7, 11) is 0. The third-order valence-corrected chi connectivity index (χ3v) is 1.34. The van der Waals surface area contributed by atoms with Crippen molar-refractivity contribution in [3.63, 3.8) is 0 Å². The Kier molecular flexibility index (Phi) is 1.10. The van der Waals surface area contributed by atoms with E-state index in [1.54, 1.807) is 11.9 Å². The molecular weight excluding hydrogens is 96.1 g/mol. The Bertz CT molecular complexity index is 63.2. The van der Waals surface area contributed by atoms with E-state index >= 15 is 0 Å². The molecule has 1 rings (SSSR count). The number of nitrogens with zero attached hydrogens (tertiary/aromatic N) is 2. The van der Waals surface area contributed by atoms with Crippen molar-refractivity contribution < 1.29 is 0 Å². The highest BCUT2D eigenvalue weighted by atomic mass is 32.2. The van der Waals surface area contributed by atoms with Crippen molar-refractivity contribution in [2.75, 3.05) is 6.54 Å². The van der Waals surface area contributed by atoms with Crippen molar-refractivity contribution in [1.82, 2.24) is 0 Å². The van der Waals surface area contributed by atoms with Crippen molar-refractivity contribution in [1.29, 1.82) is 0 Å². The summed E-state index contributed by atoms with van der Waals surface area (Å²) in [5, 5.41) is 4.38. The van der Waals surface area contributed by atoms with Gasteiger partial charge in [-0.25, -0.2) is 0 Å². The van der Waals surface area contributed by atoms with E-state index in [4.69, 9.17) is 0 Å². The van der Waals surface area contributed by atoms with E-state index in [1.807, 2.05) is 0 Å². The van der Waals surface area contributed by atoms with Crippen LogP contribution in [0.15, 0.2) is 9.63 Å². The van der Waals surface area contributed by atoms with Crippen LogP contribution in [0.1, 0.15) is 6.92 Å². The molecule has 6 heavy (non-hydrogen) atoms. The third kappa shape index (κ3) is 0.712. The van der Waals surface area contributed by atoms with Gasteiger partial charge < -0.3 is 0 Å². The predicted octanol–water partition coefficient (Wildman–Crippen LogP) is 1.49. The highest BCUT2D eigenvalue weighted by molar-refractivity contribution is 7.98. The molecule has 0 aromatic rings. The highest BCUT2D eigenvalue weighted by Gasteiger charge is 2.04. The molecule has 1 aliphatic heterocycles. The fourth-order valence-electron chi connectivity index (χ4n) is 0.295. The Hall–Kier alpha value is -0.0500. The average molecular weight is 102 g/mol. The first-order valence-electron chi connectivity index (χ1n) is 1.92. The van der Waals surface area contributed by atoms with Gasteiger partial charge in [-0.15, -0.1) is 4.52 Å². The van der Waals surface area contributed by atoms with Gasteiger partial charge in [0, 0.05) is 17.2 Å². The minimum atomic E-state index is 0.630. The lowest BCUT2D eigenvalue weighted by molar-refractivity contribution is 0.952. The molecule has 0 radical (unpaired) electrons. The molecule has 0 N–H and O–H groups in total. The summed E-state index contributed by atoms with van der Waals surface area (Å²) in [5.74, 6) is 0. The third-order valence-electron chi connectivity index (χ3n) is 0.624. The van der Waals surface area contributed by atoms with Crippen LogP contribution in [-0.2, 0) is 0 Å². The molecule has 0 saturated carbocycles. The van der Waals surface area contributed by atoms with Crippen LogP contribution < -0.4 is 0 Å². The Morgan fingerprint density at radius 3 is 2.83 bits per heavy atom. The van der Waals surface area contributed by atoms with E-state index in [9.17, 15) is 0 Å². The van der Waals surface area contributed by atoms with Gasteiger partial charge in [-0.05, 0) is 6.92 Å². The van der Waals surface area contributed by atoms with Gasteiger partial charge in [0.15, 0.2) is 0 Å². The van der Waals surface area contributed by atoms with Crippen LogP contribution in [0.3, 0.4) is 0 Å². The first-order valence-corrected chi connectivity index (χ1v) is 2.76. The van der Waals surface area contributed by atoms with Gasteiger partial charge in [-0.1, -0.05) is 0 Å². The number of hydrogen-bond acceptors (Lipinski definition) is 3. The van der Waals surface area contributed by atoms with Crippen molar-refractivity contribution in [3.05, 3.63) is 0 Å². The minimum absolute atomic E-state index is 0.630. The maximum Gasteiger partial charge on any atom is 0.0744 e. The minimum Gasteiger partial charge on any atom is -0.181 e. The first-order chi connectivity index (χ1) is 2.89. The largest absolute Gasteiger partial charge is 0.181 e. The van der Waals surface area contributed by atoms with E-state index in [1.165, 1.54) is 0 Å². The second-order valence-electron chi connectivity index (χ2n) is 1.32. The summed E-state index contributed by atoms with van der Waals surface area (Å²) in [6, 6.07) is 0. The van der Waals surface area contributed by atoms with Gasteiger partial charge in [-0.2, -0.15) is 5.11 Å². The Labute approximate surface area is 41.2 Å². The Balaban J connectivity index is 2.32. The molecule has 1 heterocycles. The van der Waals surface area contributed by atoms with Crippen LogP contribution in [0, 0.1) is 0 Å². The zero-order valence-electron chi connectivity index (χ0n) is 3.59. The van der Waals surface area contributed by atoms with E-state index in [-0.39, 0.29) is 0 Å². The molecule has 0 fully saturated rings. The predicted molar refractivity (Wildman–Crippen MR) is 26.8 cm³/mol. The molecule has 0 saturated heterocycles. The number of rotatable bonds is 0. The lowest BCUT2D eigenvalue weighted by Gasteiger charge is -1.86. The smallest absolute Gasteiger partial charge is 0.0744 e.